The Balaban J connectivity index is 4.16. The first-order valence-corrected chi connectivity index (χ1v) is 5.52. The molecule has 0 aliphatic carbocycles. The summed E-state index contributed by atoms with van der Waals surface area (Å²) in [5.41, 5.74) is 0. The molecule has 0 rings (SSSR count). The van der Waals surface area contributed by atoms with Gasteiger partial charge in [-0.2, -0.15) is 0 Å². The lowest BCUT2D eigenvalue weighted by Crippen LogP contribution is -2.38. The summed E-state index contributed by atoms with van der Waals surface area (Å²) in [6.07, 6.45) is 0. The number of nitrogens with zero attached hydrogens (tertiary/aromatic N) is 2. The molecule has 0 atom stereocenters. The van der Waals surface area contributed by atoms with E-state index in [0.717, 1.165) is 0 Å². The molecule has 0 aromatic heterocycles. The van der Waals surface area contributed by atoms with E-state index in [1.165, 1.54) is 0 Å². The molecule has 11 nitrogen and oxygen atoms in total. The summed E-state index contributed by atoms with van der Waals surface area (Å²) in [5.74, 6) is 0. The predicted octanol–water partition coefficient (Wildman–Crippen LogP) is -2.87. The van der Waals surface area contributed by atoms with Crippen LogP contribution in [0.2, 0.25) is 0 Å². The van der Waals surface area contributed by atoms with Crippen molar-refractivity contribution < 1.29 is 44.7 Å². The van der Waals surface area contributed by atoms with Gasteiger partial charge in [0.1, 0.15) is 0 Å². The summed E-state index contributed by atoms with van der Waals surface area (Å²) >= 11 is 0. The quantitative estimate of drug-likeness (QED) is 0.246. The Hall–Kier alpha value is -0.440. The molecule has 0 heterocycles. The van der Waals surface area contributed by atoms with Gasteiger partial charge in [0.05, 0.1) is 63.6 Å². The van der Waals surface area contributed by atoms with Gasteiger partial charge in [-0.25, -0.2) is 19.4 Å². The summed E-state index contributed by atoms with van der Waals surface area (Å²) in [7, 11) is 0. The van der Waals surface area contributed by atoms with Crippen molar-refractivity contribution in [3.05, 3.63) is 0 Å². The fraction of sp³-hybridized carbons (Fsp3) is 1.00. The van der Waals surface area contributed by atoms with Crippen molar-refractivity contribution >= 4 is 0 Å². The van der Waals surface area contributed by atoms with Gasteiger partial charge in [-0.3, -0.25) is 0 Å². The van der Waals surface area contributed by atoms with E-state index in [1.54, 1.807) is 0 Å². The lowest BCUT2D eigenvalue weighted by atomic mass is 10.8. The molecule has 0 fully saturated rings. The average Bonchev–Trinajstić information content (AvgIpc) is 2.44. The van der Waals surface area contributed by atoms with Crippen molar-refractivity contribution in [3.63, 3.8) is 0 Å². The fourth-order valence-electron chi connectivity index (χ4n) is 0.685. The van der Waals surface area contributed by atoms with Crippen LogP contribution in [-0.4, -0.2) is 84.1 Å². The minimum Gasteiger partial charge on any atom is -0.394 e. The van der Waals surface area contributed by atoms with E-state index in [1.807, 2.05) is 0 Å². The predicted molar refractivity (Wildman–Crippen MR) is 56.9 cm³/mol. The van der Waals surface area contributed by atoms with Crippen LogP contribution in [0.4, 0.5) is 0 Å². The van der Waals surface area contributed by atoms with Crippen LogP contribution >= 0.6 is 0 Å². The molecule has 0 aromatic rings. The topological polar surface area (TPSA) is 134 Å². The largest absolute Gasteiger partial charge is 0.394 e. The first-order chi connectivity index (χ1) is 9.28. The number of hydrogen-bond acceptors (Lipinski definition) is 11. The molecule has 0 aliphatic heterocycles. The van der Waals surface area contributed by atoms with Crippen molar-refractivity contribution in [3.8, 4) is 0 Å². The van der Waals surface area contributed by atoms with Crippen LogP contribution in [0.15, 0.2) is 0 Å². The highest BCUT2D eigenvalue weighted by atomic mass is 17.3. The second kappa shape index (κ2) is 14.0. The van der Waals surface area contributed by atoms with E-state index in [-0.39, 0.29) is 52.9 Å². The van der Waals surface area contributed by atoms with Crippen LogP contribution in [0, 0.1) is 0 Å². The molecule has 0 aromatic carbocycles. The Morgan fingerprint density at radius 3 is 1.00 bits per heavy atom. The first kappa shape index (κ1) is 18.6. The molecule has 0 radical (unpaired) electrons. The minimum absolute atomic E-state index is 0.140. The van der Waals surface area contributed by atoms with E-state index in [9.17, 15) is 0 Å². The van der Waals surface area contributed by atoms with E-state index in [2.05, 4.69) is 0 Å². The van der Waals surface area contributed by atoms with Crippen molar-refractivity contribution in [2.24, 2.45) is 0 Å². The molecule has 0 aliphatic rings. The Bertz CT molecular complexity index is 154. The zero-order valence-corrected chi connectivity index (χ0v) is 10.4. The summed E-state index contributed by atoms with van der Waals surface area (Å²) < 4.78 is 0. The molecular weight excluding hydrogens is 268 g/mol. The van der Waals surface area contributed by atoms with Gasteiger partial charge >= 0.3 is 0 Å². The third-order valence-electron chi connectivity index (χ3n) is 1.29. The van der Waals surface area contributed by atoms with E-state index >= 15 is 0 Å². The van der Waals surface area contributed by atoms with Gasteiger partial charge < -0.3 is 20.4 Å². The number of rotatable bonds is 14. The summed E-state index contributed by atoms with van der Waals surface area (Å²) in [4.78, 5) is 23.9. The lowest BCUT2D eigenvalue weighted by Gasteiger charge is -2.24. The van der Waals surface area contributed by atoms with Gasteiger partial charge in [-0.15, -0.1) is 4.94 Å². The molecule has 0 spiro atoms. The van der Waals surface area contributed by atoms with E-state index in [4.69, 9.17) is 44.7 Å². The maximum absolute atomic E-state index is 8.60. The standard InChI is InChI=1S/C8H20N2O9/c11-1-5-15-9(16-6-2-12)19-10(17-7-3-13)18-8-4-14/h11-14H,1-8H2. The third kappa shape index (κ3) is 11.1. The van der Waals surface area contributed by atoms with Crippen LogP contribution < -0.4 is 0 Å². The van der Waals surface area contributed by atoms with Gasteiger partial charge in [0.2, 0.25) is 0 Å². The highest BCUT2D eigenvalue weighted by Gasteiger charge is 2.16. The second-order valence-corrected chi connectivity index (χ2v) is 2.76. The number of hydrogen-bond donors (Lipinski definition) is 4. The maximum Gasteiger partial charge on any atom is 0.0993 e. The molecule has 0 amide bonds. The van der Waals surface area contributed by atoms with Crippen LogP contribution in [0.3, 0.4) is 0 Å². The molecule has 19 heavy (non-hydrogen) atoms. The Kier molecular flexibility index (Phi) is 13.7. The molecule has 0 saturated carbocycles. The van der Waals surface area contributed by atoms with Crippen LogP contribution in [-0.2, 0) is 24.3 Å². The third-order valence-corrected chi connectivity index (χ3v) is 1.29. The fourth-order valence-corrected chi connectivity index (χ4v) is 0.685. The Labute approximate surface area is 109 Å². The summed E-state index contributed by atoms with van der Waals surface area (Å²) in [6.45, 7) is -1.74. The molecule has 4 N–H and O–H groups in total. The van der Waals surface area contributed by atoms with E-state index in [0.29, 0.717) is 10.8 Å². The molecule has 0 unspecified atom stereocenters. The van der Waals surface area contributed by atoms with Gasteiger partial charge in [-0.05, 0) is 0 Å². The summed E-state index contributed by atoms with van der Waals surface area (Å²) in [5, 5.41) is 35.3. The van der Waals surface area contributed by atoms with Gasteiger partial charge in [-0.1, -0.05) is 0 Å². The second-order valence-electron chi connectivity index (χ2n) is 2.76. The molecule has 0 saturated heterocycles. The highest BCUT2D eigenvalue weighted by Crippen LogP contribution is 2.02. The normalized spacial score (nSPS) is 11.7. The smallest absolute Gasteiger partial charge is 0.0993 e. The number of aliphatic hydroxyl groups is 4. The molecular formula is C8H20N2O9. The van der Waals surface area contributed by atoms with Gasteiger partial charge in [0.25, 0.3) is 0 Å². The van der Waals surface area contributed by atoms with E-state index < -0.39 is 0 Å². The van der Waals surface area contributed by atoms with Crippen LogP contribution in [0.25, 0.3) is 0 Å². The molecule has 0 bridgehead atoms. The van der Waals surface area contributed by atoms with Crippen molar-refractivity contribution in [2.75, 3.05) is 52.9 Å². The van der Waals surface area contributed by atoms with Crippen molar-refractivity contribution in [2.45, 2.75) is 0 Å². The van der Waals surface area contributed by atoms with Gasteiger partial charge in [0.15, 0.2) is 0 Å². The zero-order chi connectivity index (χ0) is 14.3. The van der Waals surface area contributed by atoms with Crippen molar-refractivity contribution in [1.29, 1.82) is 0 Å². The zero-order valence-electron chi connectivity index (χ0n) is 10.4. The lowest BCUT2D eigenvalue weighted by molar-refractivity contribution is -0.680. The Morgan fingerprint density at radius 1 is 0.526 bits per heavy atom. The van der Waals surface area contributed by atoms with Crippen LogP contribution in [0.5, 0.6) is 0 Å². The monoisotopic (exact) mass is 288 g/mol. The highest BCUT2D eigenvalue weighted by molar-refractivity contribution is 4.19. The van der Waals surface area contributed by atoms with Crippen LogP contribution in [0.1, 0.15) is 0 Å². The average molecular weight is 288 g/mol. The molecule has 116 valence electrons. The van der Waals surface area contributed by atoms with Gasteiger partial charge in [0, 0.05) is 0 Å². The number of aliphatic hydroxyl groups excluding tert-OH is 4. The first-order valence-electron chi connectivity index (χ1n) is 5.52. The molecule has 11 heteroatoms. The Morgan fingerprint density at radius 2 is 0.789 bits per heavy atom. The SMILES string of the molecule is OCCON(OCCO)ON(OCCO)OCCO. The van der Waals surface area contributed by atoms with Crippen molar-refractivity contribution in [1.82, 2.24) is 10.8 Å². The maximum atomic E-state index is 8.60. The minimum atomic E-state index is -0.294. The summed E-state index contributed by atoms with van der Waals surface area (Å²) in [6, 6.07) is 0.